The van der Waals surface area contributed by atoms with Gasteiger partial charge in [-0.3, -0.25) is 9.59 Å². The second kappa shape index (κ2) is 8.31. The minimum atomic E-state index is -0.368. The second-order valence-corrected chi connectivity index (χ2v) is 7.34. The van der Waals surface area contributed by atoms with Gasteiger partial charge in [0.25, 0.3) is 0 Å². The molecule has 29 heavy (non-hydrogen) atoms. The molecule has 3 heterocycles. The van der Waals surface area contributed by atoms with Gasteiger partial charge in [0.15, 0.2) is 0 Å². The lowest BCUT2D eigenvalue weighted by molar-refractivity contribution is -0.130. The number of rotatable bonds is 5. The number of hydrogen-bond acceptors (Lipinski definition) is 3. The summed E-state index contributed by atoms with van der Waals surface area (Å²) >= 11 is 0. The molecular weight excluding hydrogens is 364 g/mol. The number of piperidine rings is 1. The van der Waals surface area contributed by atoms with Gasteiger partial charge in [0.05, 0.1) is 5.52 Å². The number of carbonyl (C=O) groups is 2. The molecule has 0 unspecified atom stereocenters. The first-order valence-electron chi connectivity index (χ1n) is 9.93. The Balaban J connectivity index is 1.67. The van der Waals surface area contributed by atoms with Crippen LogP contribution in [-0.4, -0.2) is 38.9 Å². The maximum atomic E-state index is 12.9. The number of fused-ring (bicyclic) bond motifs is 1. The molecular formula is C23H24N4O2. The van der Waals surface area contributed by atoms with Crippen molar-refractivity contribution < 1.29 is 9.59 Å². The zero-order valence-corrected chi connectivity index (χ0v) is 16.2. The van der Waals surface area contributed by atoms with Crippen molar-refractivity contribution in [2.24, 2.45) is 5.73 Å². The van der Waals surface area contributed by atoms with Crippen molar-refractivity contribution >= 4 is 23.4 Å². The average Bonchev–Trinajstić information content (AvgIpc) is 3.11. The van der Waals surface area contributed by atoms with Gasteiger partial charge < -0.3 is 10.6 Å². The third-order valence-electron chi connectivity index (χ3n) is 5.36. The lowest BCUT2D eigenvalue weighted by Crippen LogP contribution is -2.44. The van der Waals surface area contributed by atoms with Crippen LogP contribution in [0.25, 0.3) is 22.9 Å². The van der Waals surface area contributed by atoms with E-state index in [0.29, 0.717) is 6.54 Å². The highest BCUT2D eigenvalue weighted by Crippen LogP contribution is 2.28. The van der Waals surface area contributed by atoms with Gasteiger partial charge >= 0.3 is 0 Å². The summed E-state index contributed by atoms with van der Waals surface area (Å²) in [5.41, 5.74) is 9.03. The lowest BCUT2D eigenvalue weighted by atomic mass is 9.98. The van der Waals surface area contributed by atoms with E-state index in [1.165, 1.54) is 0 Å². The molecule has 0 spiro atoms. The number of nitrogens with zero attached hydrogens (tertiary/aromatic N) is 3. The number of hydrogen-bond donors (Lipinski definition) is 1. The molecule has 3 aromatic rings. The zero-order chi connectivity index (χ0) is 20.2. The summed E-state index contributed by atoms with van der Waals surface area (Å²) in [5.74, 6) is -0.460. The molecule has 2 N–H and O–H groups in total. The fourth-order valence-corrected chi connectivity index (χ4v) is 3.98. The van der Waals surface area contributed by atoms with E-state index in [2.05, 4.69) is 0 Å². The zero-order valence-electron chi connectivity index (χ0n) is 16.2. The van der Waals surface area contributed by atoms with Gasteiger partial charge in [0, 0.05) is 42.4 Å². The Labute approximate surface area is 169 Å². The molecule has 1 aromatic carbocycles. The molecule has 0 aliphatic carbocycles. The predicted molar refractivity (Wildman–Crippen MR) is 113 cm³/mol. The van der Waals surface area contributed by atoms with Crippen molar-refractivity contribution in [2.45, 2.75) is 31.7 Å². The van der Waals surface area contributed by atoms with Gasteiger partial charge in [-0.25, -0.2) is 4.52 Å². The Hall–Kier alpha value is -3.41. The Bertz CT molecular complexity index is 1060. The molecule has 2 amide bonds. The lowest BCUT2D eigenvalue weighted by Gasteiger charge is -2.34. The number of benzene rings is 1. The SMILES string of the molecule is NC(=O)C[C@H]1CCCCN1C(=O)/C=C/c1c(-c2ccccc2)nn2ccccc12. The maximum Gasteiger partial charge on any atom is 0.246 e. The maximum absolute atomic E-state index is 12.9. The molecule has 148 valence electrons. The molecule has 2 aromatic heterocycles. The molecule has 4 rings (SSSR count). The number of aromatic nitrogens is 2. The smallest absolute Gasteiger partial charge is 0.246 e. The van der Waals surface area contributed by atoms with Crippen molar-refractivity contribution in [1.29, 1.82) is 0 Å². The van der Waals surface area contributed by atoms with E-state index in [1.807, 2.05) is 65.3 Å². The van der Waals surface area contributed by atoms with Crippen LogP contribution < -0.4 is 5.73 Å². The van der Waals surface area contributed by atoms with Gasteiger partial charge in [-0.2, -0.15) is 5.10 Å². The highest BCUT2D eigenvalue weighted by molar-refractivity contribution is 5.95. The summed E-state index contributed by atoms with van der Waals surface area (Å²) in [5, 5.41) is 4.71. The summed E-state index contributed by atoms with van der Waals surface area (Å²) < 4.78 is 1.82. The van der Waals surface area contributed by atoms with Gasteiger partial charge in [0.2, 0.25) is 11.8 Å². The third kappa shape index (κ3) is 4.06. The highest BCUT2D eigenvalue weighted by atomic mass is 16.2. The predicted octanol–water partition coefficient (Wildman–Crippen LogP) is 3.27. The molecule has 1 fully saturated rings. The molecule has 6 heteroatoms. The van der Waals surface area contributed by atoms with E-state index >= 15 is 0 Å². The van der Waals surface area contributed by atoms with Gasteiger partial charge in [-0.05, 0) is 37.5 Å². The van der Waals surface area contributed by atoms with E-state index in [9.17, 15) is 9.59 Å². The van der Waals surface area contributed by atoms with E-state index < -0.39 is 0 Å². The van der Waals surface area contributed by atoms with E-state index in [4.69, 9.17) is 10.8 Å². The first-order chi connectivity index (χ1) is 14.1. The largest absolute Gasteiger partial charge is 0.370 e. The van der Waals surface area contributed by atoms with Crippen LogP contribution in [0.1, 0.15) is 31.2 Å². The number of pyridine rings is 1. The van der Waals surface area contributed by atoms with Crippen LogP contribution in [-0.2, 0) is 9.59 Å². The third-order valence-corrected chi connectivity index (χ3v) is 5.36. The Morgan fingerprint density at radius 3 is 2.69 bits per heavy atom. The molecule has 1 aliphatic heterocycles. The van der Waals surface area contributed by atoms with Gasteiger partial charge in [0.1, 0.15) is 5.69 Å². The summed E-state index contributed by atoms with van der Waals surface area (Å²) in [4.78, 5) is 26.1. The Morgan fingerprint density at radius 2 is 1.90 bits per heavy atom. The second-order valence-electron chi connectivity index (χ2n) is 7.34. The normalized spacial score (nSPS) is 17.1. The monoisotopic (exact) mass is 388 g/mol. The molecule has 0 saturated carbocycles. The number of likely N-dealkylation sites (tertiary alicyclic amines) is 1. The van der Waals surface area contributed by atoms with E-state index in [-0.39, 0.29) is 24.3 Å². The van der Waals surface area contributed by atoms with Gasteiger partial charge in [-0.15, -0.1) is 0 Å². The topological polar surface area (TPSA) is 80.7 Å². The molecule has 1 saturated heterocycles. The first-order valence-corrected chi connectivity index (χ1v) is 9.93. The van der Waals surface area contributed by atoms with E-state index in [1.54, 1.807) is 11.0 Å². The van der Waals surface area contributed by atoms with Crippen LogP contribution in [0.15, 0.2) is 60.8 Å². The van der Waals surface area contributed by atoms with Crippen molar-refractivity contribution in [3.63, 3.8) is 0 Å². The standard InChI is InChI=1S/C23H24N4O2/c24-21(28)16-18-10-4-6-14-26(18)22(29)13-12-19-20-11-5-7-15-27(20)25-23(19)17-8-2-1-3-9-17/h1-3,5,7-9,11-13,15,18H,4,6,10,14,16H2,(H2,24,28)/b13-12+/t18-/m1/s1. The minimum Gasteiger partial charge on any atom is -0.370 e. The highest BCUT2D eigenvalue weighted by Gasteiger charge is 2.26. The molecule has 0 radical (unpaired) electrons. The fraction of sp³-hybridized carbons (Fsp3) is 0.261. The molecule has 1 aliphatic rings. The summed E-state index contributed by atoms with van der Waals surface area (Å²) in [6, 6.07) is 15.7. The van der Waals surface area contributed by atoms with Crippen LogP contribution in [0.5, 0.6) is 0 Å². The van der Waals surface area contributed by atoms with Crippen LogP contribution in [0.3, 0.4) is 0 Å². The first kappa shape index (κ1) is 18.9. The molecule has 1 atom stereocenters. The minimum absolute atomic E-state index is 0.0924. The van der Waals surface area contributed by atoms with Crippen LogP contribution in [0.2, 0.25) is 0 Å². The van der Waals surface area contributed by atoms with Crippen molar-refractivity contribution in [2.75, 3.05) is 6.54 Å². The van der Waals surface area contributed by atoms with Crippen LogP contribution in [0.4, 0.5) is 0 Å². The number of carbonyl (C=O) groups excluding carboxylic acids is 2. The van der Waals surface area contributed by atoms with Crippen LogP contribution >= 0.6 is 0 Å². The summed E-state index contributed by atoms with van der Waals surface area (Å²) in [7, 11) is 0. The number of nitrogens with two attached hydrogens (primary N) is 1. The van der Waals surface area contributed by atoms with Crippen molar-refractivity contribution in [3.8, 4) is 11.3 Å². The Kier molecular flexibility index (Phi) is 5.42. The van der Waals surface area contributed by atoms with Crippen LogP contribution in [0, 0.1) is 0 Å². The molecule has 6 nitrogen and oxygen atoms in total. The number of amides is 2. The van der Waals surface area contributed by atoms with Crippen molar-refractivity contribution in [1.82, 2.24) is 14.5 Å². The van der Waals surface area contributed by atoms with Gasteiger partial charge in [-0.1, -0.05) is 36.4 Å². The van der Waals surface area contributed by atoms with Crippen molar-refractivity contribution in [3.05, 3.63) is 66.4 Å². The molecule has 0 bridgehead atoms. The fourth-order valence-electron chi connectivity index (χ4n) is 3.98. The van der Waals surface area contributed by atoms with E-state index in [0.717, 1.165) is 41.6 Å². The summed E-state index contributed by atoms with van der Waals surface area (Å²) in [6.45, 7) is 0.654. The average molecular weight is 388 g/mol. The Morgan fingerprint density at radius 1 is 1.10 bits per heavy atom. The quantitative estimate of drug-likeness (QED) is 0.681. The number of primary amides is 1. The summed E-state index contributed by atoms with van der Waals surface area (Å²) in [6.07, 6.45) is 8.31.